The van der Waals surface area contributed by atoms with Crippen LogP contribution in [-0.4, -0.2) is 59.3 Å². The van der Waals surface area contributed by atoms with Gasteiger partial charge in [0, 0.05) is 45.9 Å². The van der Waals surface area contributed by atoms with E-state index in [4.69, 9.17) is 4.74 Å². The second kappa shape index (κ2) is 10.2. The second-order valence-electron chi connectivity index (χ2n) is 8.33. The van der Waals surface area contributed by atoms with E-state index in [1.165, 1.54) is 29.9 Å². The first kappa shape index (κ1) is 24.3. The van der Waals surface area contributed by atoms with Crippen molar-refractivity contribution in [1.29, 1.82) is 5.26 Å². The van der Waals surface area contributed by atoms with Crippen molar-refractivity contribution in [2.45, 2.75) is 19.5 Å². The molecule has 0 spiro atoms. The zero-order chi connectivity index (χ0) is 25.1. The second-order valence-corrected chi connectivity index (χ2v) is 8.33. The molecule has 1 saturated heterocycles. The average molecular weight is 481 g/mol. The van der Waals surface area contributed by atoms with Crippen molar-refractivity contribution in [3.05, 3.63) is 73.9 Å². The Labute approximate surface area is 200 Å². The van der Waals surface area contributed by atoms with E-state index in [2.05, 4.69) is 9.88 Å². The summed E-state index contributed by atoms with van der Waals surface area (Å²) in [5.41, 5.74) is 0.570. The molecular formula is C24H25FN6O4. The average Bonchev–Trinajstić information content (AvgIpc) is 2.87. The van der Waals surface area contributed by atoms with Gasteiger partial charge in [0.1, 0.15) is 23.1 Å². The Hall–Kier alpha value is -3.88. The molecule has 1 aromatic carbocycles. The monoisotopic (exact) mass is 480 g/mol. The van der Waals surface area contributed by atoms with Gasteiger partial charge in [-0.15, -0.1) is 0 Å². The van der Waals surface area contributed by atoms with Crippen molar-refractivity contribution in [2.24, 2.45) is 0 Å². The maximum atomic E-state index is 13.3. The fourth-order valence-electron chi connectivity index (χ4n) is 4.51. The number of hydrogen-bond donors (Lipinski definition) is 0. The number of halogens is 1. The lowest BCUT2D eigenvalue weighted by atomic mass is 10.1. The van der Waals surface area contributed by atoms with Crippen LogP contribution in [0.3, 0.4) is 0 Å². The van der Waals surface area contributed by atoms with Crippen LogP contribution in [0.2, 0.25) is 0 Å². The fraction of sp³-hybridized carbons (Fsp3) is 0.375. The zero-order valence-corrected chi connectivity index (χ0v) is 19.5. The molecule has 1 atom stereocenters. The molecule has 4 rings (SSSR count). The van der Waals surface area contributed by atoms with Crippen LogP contribution in [0, 0.1) is 27.3 Å². The molecule has 2 aromatic heterocycles. The number of piperazine rings is 1. The summed E-state index contributed by atoms with van der Waals surface area (Å²) in [5.74, 6) is -0.297. The Morgan fingerprint density at radius 3 is 2.49 bits per heavy atom. The predicted molar refractivity (Wildman–Crippen MR) is 128 cm³/mol. The van der Waals surface area contributed by atoms with Gasteiger partial charge < -0.3 is 9.64 Å². The van der Waals surface area contributed by atoms with Crippen molar-refractivity contribution >= 4 is 22.4 Å². The van der Waals surface area contributed by atoms with Gasteiger partial charge in [0.25, 0.3) is 0 Å². The number of aromatic nitrogens is 2. The summed E-state index contributed by atoms with van der Waals surface area (Å²) in [4.78, 5) is 33.0. The van der Waals surface area contributed by atoms with Crippen LogP contribution in [0.4, 0.5) is 15.8 Å². The quantitative estimate of drug-likeness (QED) is 0.374. The van der Waals surface area contributed by atoms with E-state index in [0.717, 1.165) is 5.56 Å². The van der Waals surface area contributed by atoms with Crippen LogP contribution < -0.4 is 10.5 Å². The van der Waals surface area contributed by atoms with E-state index >= 15 is 0 Å². The maximum Gasteiger partial charge on any atom is 0.359 e. The number of nitro groups is 1. The SMILES string of the molecule is COCCn1c(=O)c([N+](=O)[O-])c(N2CCN(C(C)c3ccc(F)cc3)CC2)c2nc(C#N)ccc21. The highest BCUT2D eigenvalue weighted by atomic mass is 19.1. The number of benzene rings is 1. The Balaban J connectivity index is 1.74. The first-order chi connectivity index (χ1) is 16.8. The van der Waals surface area contributed by atoms with Crippen LogP contribution in [0.1, 0.15) is 24.2 Å². The summed E-state index contributed by atoms with van der Waals surface area (Å²) in [6, 6.07) is 11.4. The number of hydrogen-bond acceptors (Lipinski definition) is 8. The molecule has 3 heterocycles. The molecule has 1 fully saturated rings. The maximum absolute atomic E-state index is 13.3. The third-order valence-electron chi connectivity index (χ3n) is 6.41. The van der Waals surface area contributed by atoms with Crippen molar-refractivity contribution in [3.63, 3.8) is 0 Å². The number of anilines is 1. The topological polar surface area (TPSA) is 118 Å². The number of rotatable bonds is 7. The van der Waals surface area contributed by atoms with Crippen molar-refractivity contribution in [2.75, 3.05) is 44.8 Å². The Bertz CT molecular complexity index is 1340. The predicted octanol–water partition coefficient (Wildman–Crippen LogP) is 2.85. The van der Waals surface area contributed by atoms with Crippen LogP contribution in [0.15, 0.2) is 41.2 Å². The lowest BCUT2D eigenvalue weighted by Gasteiger charge is -2.39. The van der Waals surface area contributed by atoms with Crippen LogP contribution in [-0.2, 0) is 11.3 Å². The molecule has 11 heteroatoms. The minimum Gasteiger partial charge on any atom is -0.383 e. The van der Waals surface area contributed by atoms with Crippen molar-refractivity contribution in [1.82, 2.24) is 14.5 Å². The van der Waals surface area contributed by atoms with Gasteiger partial charge in [0.05, 0.1) is 17.0 Å². The van der Waals surface area contributed by atoms with Gasteiger partial charge in [-0.3, -0.25) is 24.4 Å². The van der Waals surface area contributed by atoms with Gasteiger partial charge in [0.15, 0.2) is 5.69 Å². The molecule has 0 amide bonds. The van der Waals surface area contributed by atoms with Crippen LogP contribution >= 0.6 is 0 Å². The Kier molecular flexibility index (Phi) is 7.04. The van der Waals surface area contributed by atoms with Gasteiger partial charge in [-0.05, 0) is 36.8 Å². The zero-order valence-electron chi connectivity index (χ0n) is 19.5. The number of methoxy groups -OCH3 is 1. The van der Waals surface area contributed by atoms with E-state index in [0.29, 0.717) is 31.7 Å². The molecule has 0 N–H and O–H groups in total. The third-order valence-corrected chi connectivity index (χ3v) is 6.41. The van der Waals surface area contributed by atoms with E-state index in [9.17, 15) is 24.6 Å². The number of ether oxygens (including phenoxy) is 1. The van der Waals surface area contributed by atoms with E-state index in [1.54, 1.807) is 23.1 Å². The Morgan fingerprint density at radius 2 is 1.89 bits per heavy atom. The van der Waals surface area contributed by atoms with Gasteiger partial charge in [-0.2, -0.15) is 5.26 Å². The summed E-state index contributed by atoms with van der Waals surface area (Å²) < 4.78 is 19.7. The third kappa shape index (κ3) is 4.71. The number of pyridine rings is 2. The molecule has 1 unspecified atom stereocenters. The van der Waals surface area contributed by atoms with Gasteiger partial charge in [0.2, 0.25) is 0 Å². The highest BCUT2D eigenvalue weighted by Crippen LogP contribution is 2.34. The van der Waals surface area contributed by atoms with Gasteiger partial charge >= 0.3 is 11.2 Å². The molecule has 0 radical (unpaired) electrons. The highest BCUT2D eigenvalue weighted by molar-refractivity contribution is 5.94. The van der Waals surface area contributed by atoms with Gasteiger partial charge in [-0.1, -0.05) is 12.1 Å². The summed E-state index contributed by atoms with van der Waals surface area (Å²) in [6.45, 7) is 4.31. The van der Waals surface area contributed by atoms with E-state index < -0.39 is 16.2 Å². The van der Waals surface area contributed by atoms with E-state index in [1.807, 2.05) is 13.0 Å². The fourth-order valence-corrected chi connectivity index (χ4v) is 4.51. The molecule has 3 aromatic rings. The first-order valence-corrected chi connectivity index (χ1v) is 11.2. The standard InChI is InChI=1S/C24H25FN6O4/c1-16(17-3-5-18(25)6-4-17)28-9-11-29(12-10-28)22-21-20(8-7-19(15-26)27-21)30(13-14-35-2)24(32)23(22)31(33)34/h3-8,16H,9-14H2,1-2H3. The smallest absolute Gasteiger partial charge is 0.359 e. The number of fused-ring (bicyclic) bond motifs is 1. The lowest BCUT2D eigenvalue weighted by Crippen LogP contribution is -2.48. The molecule has 0 bridgehead atoms. The molecule has 35 heavy (non-hydrogen) atoms. The normalized spacial score (nSPS) is 15.2. The van der Waals surface area contributed by atoms with Crippen LogP contribution in [0.5, 0.6) is 0 Å². The number of nitriles is 1. The molecule has 0 aliphatic carbocycles. The molecule has 182 valence electrons. The first-order valence-electron chi connectivity index (χ1n) is 11.2. The highest BCUT2D eigenvalue weighted by Gasteiger charge is 2.33. The summed E-state index contributed by atoms with van der Waals surface area (Å²) in [6.07, 6.45) is 0. The van der Waals surface area contributed by atoms with Crippen molar-refractivity contribution < 1.29 is 14.1 Å². The summed E-state index contributed by atoms with van der Waals surface area (Å²) in [5, 5.41) is 21.5. The minimum atomic E-state index is -0.733. The van der Waals surface area contributed by atoms with Crippen LogP contribution in [0.25, 0.3) is 11.0 Å². The Morgan fingerprint density at radius 1 is 1.20 bits per heavy atom. The lowest BCUT2D eigenvalue weighted by molar-refractivity contribution is -0.385. The number of nitrogens with zero attached hydrogens (tertiary/aromatic N) is 6. The molecule has 0 saturated carbocycles. The molecule has 1 aliphatic rings. The molecular weight excluding hydrogens is 455 g/mol. The van der Waals surface area contributed by atoms with E-state index in [-0.39, 0.29) is 41.9 Å². The van der Waals surface area contributed by atoms with Crippen molar-refractivity contribution in [3.8, 4) is 6.07 Å². The largest absolute Gasteiger partial charge is 0.383 e. The molecule has 1 aliphatic heterocycles. The minimum absolute atomic E-state index is 0.0230. The summed E-state index contributed by atoms with van der Waals surface area (Å²) >= 11 is 0. The van der Waals surface area contributed by atoms with Gasteiger partial charge in [-0.25, -0.2) is 9.37 Å². The summed E-state index contributed by atoms with van der Waals surface area (Å²) in [7, 11) is 1.48. The molecule has 10 nitrogen and oxygen atoms in total.